The largest absolute Gasteiger partial charge is 0.481 e. The molecule has 0 bridgehead atoms. The molecule has 1 amide bonds. The Morgan fingerprint density at radius 2 is 1.73 bits per heavy atom. The number of hydrogen-bond donors (Lipinski definition) is 2. The molecule has 0 spiro atoms. The summed E-state index contributed by atoms with van der Waals surface area (Å²) < 4.78 is 79.4. The van der Waals surface area contributed by atoms with Gasteiger partial charge in [0.15, 0.2) is 0 Å². The van der Waals surface area contributed by atoms with E-state index in [0.29, 0.717) is 5.56 Å². The number of aliphatic carboxylic acids is 1. The SMILES string of the molecule is CC(CC(=O)O)c1ccc(Cl)c(NC(=O)C(C(C)C(F)(F)F)N2CCC(C(F)(F)F)CC2)c1. The normalized spacial score (nSPS) is 19.1. The van der Waals surface area contributed by atoms with E-state index >= 15 is 0 Å². The van der Waals surface area contributed by atoms with Crippen molar-refractivity contribution in [3.05, 3.63) is 28.8 Å². The number of likely N-dealkylation sites (tertiary alicyclic amines) is 1. The first-order chi connectivity index (χ1) is 15.1. The number of nitrogens with zero attached hydrogens (tertiary/aromatic N) is 1. The number of anilines is 1. The number of amides is 1. The highest BCUT2D eigenvalue weighted by atomic mass is 35.5. The summed E-state index contributed by atoms with van der Waals surface area (Å²) in [6.45, 7) is 1.81. The van der Waals surface area contributed by atoms with Gasteiger partial charge in [-0.15, -0.1) is 0 Å². The van der Waals surface area contributed by atoms with Gasteiger partial charge in [-0.05, 0) is 49.5 Å². The number of carbonyl (C=O) groups is 2. The molecule has 0 aromatic heterocycles. The molecule has 1 fully saturated rings. The summed E-state index contributed by atoms with van der Waals surface area (Å²) in [5.74, 6) is -6.32. The lowest BCUT2D eigenvalue weighted by Gasteiger charge is -2.40. The zero-order valence-electron chi connectivity index (χ0n) is 17.9. The molecule has 12 heteroatoms. The Bertz CT molecular complexity index is 853. The number of carboxylic acids is 1. The highest BCUT2D eigenvalue weighted by molar-refractivity contribution is 6.33. The van der Waals surface area contributed by atoms with Gasteiger partial charge in [-0.3, -0.25) is 14.5 Å². The summed E-state index contributed by atoms with van der Waals surface area (Å²) in [5.41, 5.74) is 0.504. The highest BCUT2D eigenvalue weighted by Crippen LogP contribution is 2.38. The predicted molar refractivity (Wildman–Crippen MR) is 110 cm³/mol. The fraction of sp³-hybridized carbons (Fsp3) is 0.619. The molecule has 1 aliphatic heterocycles. The van der Waals surface area contributed by atoms with Gasteiger partial charge in [0.25, 0.3) is 0 Å². The van der Waals surface area contributed by atoms with Crippen LogP contribution in [0.3, 0.4) is 0 Å². The third kappa shape index (κ3) is 7.23. The monoisotopic (exact) mass is 502 g/mol. The number of hydrogen-bond acceptors (Lipinski definition) is 3. The standard InChI is InChI=1S/C21H25ClF6N2O3/c1-11(9-17(31)32)13-3-4-15(22)16(10-13)29-19(33)18(12(2)20(23,24)25)30-7-5-14(6-8-30)21(26,27)28/h3-4,10-12,14,18H,5-9H2,1-2H3,(H,29,33)(H,31,32). The van der Waals surface area contributed by atoms with Crippen LogP contribution in [0.15, 0.2) is 18.2 Å². The Hall–Kier alpha value is -2.01. The zero-order chi connectivity index (χ0) is 25.1. The smallest absolute Gasteiger partial charge is 0.393 e. The van der Waals surface area contributed by atoms with E-state index in [0.717, 1.165) is 11.8 Å². The van der Waals surface area contributed by atoms with E-state index in [1.54, 1.807) is 13.0 Å². The van der Waals surface area contributed by atoms with E-state index in [-0.39, 0.29) is 30.2 Å². The molecule has 3 atom stereocenters. The molecule has 1 heterocycles. The minimum Gasteiger partial charge on any atom is -0.481 e. The fourth-order valence-corrected chi connectivity index (χ4v) is 4.09. The van der Waals surface area contributed by atoms with Crippen molar-refractivity contribution in [2.75, 3.05) is 18.4 Å². The molecule has 186 valence electrons. The molecule has 5 nitrogen and oxygen atoms in total. The third-order valence-corrected chi connectivity index (χ3v) is 6.27. The molecular formula is C21H25ClF6N2O3. The van der Waals surface area contributed by atoms with E-state index < -0.39 is 60.9 Å². The molecular weight excluding hydrogens is 478 g/mol. The third-order valence-electron chi connectivity index (χ3n) is 5.94. The lowest BCUT2D eigenvalue weighted by atomic mass is 9.91. The Labute approximate surface area is 192 Å². The van der Waals surface area contributed by atoms with Crippen molar-refractivity contribution in [2.45, 2.75) is 57.4 Å². The number of carbonyl (C=O) groups excluding carboxylic acids is 1. The summed E-state index contributed by atoms with van der Waals surface area (Å²) in [7, 11) is 0. The van der Waals surface area contributed by atoms with Gasteiger partial charge in [0.2, 0.25) is 5.91 Å². The van der Waals surface area contributed by atoms with Crippen molar-refractivity contribution in [2.24, 2.45) is 11.8 Å². The first-order valence-corrected chi connectivity index (χ1v) is 10.7. The van der Waals surface area contributed by atoms with Crippen LogP contribution in [-0.2, 0) is 9.59 Å². The Kier molecular flexibility index (Phi) is 8.67. The van der Waals surface area contributed by atoms with Crippen molar-refractivity contribution in [3.63, 3.8) is 0 Å². The summed E-state index contributed by atoms with van der Waals surface area (Å²) in [6.07, 6.45) is -10.2. The Morgan fingerprint density at radius 3 is 2.21 bits per heavy atom. The van der Waals surface area contributed by atoms with Crippen molar-refractivity contribution >= 4 is 29.2 Å². The minimum absolute atomic E-state index is 0.000887. The number of nitrogens with one attached hydrogen (secondary N) is 1. The van der Waals surface area contributed by atoms with Crippen LogP contribution >= 0.6 is 11.6 Å². The summed E-state index contributed by atoms with van der Waals surface area (Å²) in [5, 5.41) is 11.4. The maximum Gasteiger partial charge on any atom is 0.393 e. The van der Waals surface area contributed by atoms with Gasteiger partial charge in [-0.25, -0.2) is 0 Å². The van der Waals surface area contributed by atoms with Crippen LogP contribution < -0.4 is 5.32 Å². The fourth-order valence-electron chi connectivity index (χ4n) is 3.92. The number of alkyl halides is 6. The maximum absolute atomic E-state index is 13.5. The molecule has 2 N–H and O–H groups in total. The molecule has 0 aliphatic carbocycles. The molecule has 0 radical (unpaired) electrons. The van der Waals surface area contributed by atoms with E-state index in [1.165, 1.54) is 12.1 Å². The van der Waals surface area contributed by atoms with Gasteiger partial charge in [-0.2, -0.15) is 26.3 Å². The first-order valence-electron chi connectivity index (χ1n) is 10.3. The van der Waals surface area contributed by atoms with Crippen LogP contribution in [-0.4, -0.2) is 53.4 Å². The quantitative estimate of drug-likeness (QED) is 0.469. The van der Waals surface area contributed by atoms with E-state index in [9.17, 15) is 35.9 Å². The summed E-state index contributed by atoms with van der Waals surface area (Å²) >= 11 is 6.09. The number of piperidine rings is 1. The number of rotatable bonds is 7. The average Bonchev–Trinajstić information content (AvgIpc) is 2.68. The molecule has 1 aliphatic rings. The van der Waals surface area contributed by atoms with Gasteiger partial charge in [0, 0.05) is 0 Å². The summed E-state index contributed by atoms with van der Waals surface area (Å²) in [4.78, 5) is 25.0. The minimum atomic E-state index is -4.76. The van der Waals surface area contributed by atoms with Crippen LogP contribution in [0.1, 0.15) is 44.6 Å². The first kappa shape index (κ1) is 27.2. The van der Waals surface area contributed by atoms with Crippen LogP contribution in [0.25, 0.3) is 0 Å². The molecule has 1 aromatic rings. The van der Waals surface area contributed by atoms with Gasteiger partial charge in [0.1, 0.15) is 6.04 Å². The van der Waals surface area contributed by atoms with Crippen molar-refractivity contribution in [3.8, 4) is 0 Å². The van der Waals surface area contributed by atoms with Gasteiger partial charge in [0.05, 0.1) is 29.0 Å². The average molecular weight is 503 g/mol. The van der Waals surface area contributed by atoms with Crippen molar-refractivity contribution in [1.29, 1.82) is 0 Å². The van der Waals surface area contributed by atoms with Crippen LogP contribution in [0.2, 0.25) is 5.02 Å². The molecule has 1 saturated heterocycles. The second-order valence-electron chi connectivity index (χ2n) is 8.35. The highest BCUT2D eigenvalue weighted by Gasteiger charge is 2.49. The van der Waals surface area contributed by atoms with Crippen LogP contribution in [0.5, 0.6) is 0 Å². The number of halogens is 7. The van der Waals surface area contributed by atoms with E-state index in [2.05, 4.69) is 5.32 Å². The van der Waals surface area contributed by atoms with Crippen LogP contribution in [0.4, 0.5) is 32.0 Å². The molecule has 3 unspecified atom stereocenters. The molecule has 33 heavy (non-hydrogen) atoms. The number of benzene rings is 1. The van der Waals surface area contributed by atoms with E-state index in [1.807, 2.05) is 0 Å². The lowest BCUT2D eigenvalue weighted by Crippen LogP contribution is -2.55. The number of carboxylic acid groups (broad SMARTS) is 1. The van der Waals surface area contributed by atoms with Crippen LogP contribution in [0, 0.1) is 11.8 Å². The maximum atomic E-state index is 13.5. The molecule has 1 aromatic carbocycles. The topological polar surface area (TPSA) is 69.6 Å². The summed E-state index contributed by atoms with van der Waals surface area (Å²) in [6, 6.07) is 2.57. The molecule has 0 saturated carbocycles. The van der Waals surface area contributed by atoms with Gasteiger partial charge >= 0.3 is 18.3 Å². The zero-order valence-corrected chi connectivity index (χ0v) is 18.7. The second kappa shape index (κ2) is 10.5. The van der Waals surface area contributed by atoms with Crippen molar-refractivity contribution in [1.82, 2.24) is 4.90 Å². The Morgan fingerprint density at radius 1 is 1.15 bits per heavy atom. The van der Waals surface area contributed by atoms with Crippen molar-refractivity contribution < 1.29 is 41.0 Å². The Balaban J connectivity index is 2.27. The van der Waals surface area contributed by atoms with E-state index in [4.69, 9.17) is 16.7 Å². The second-order valence-corrected chi connectivity index (χ2v) is 8.76. The molecule has 2 rings (SSSR count). The predicted octanol–water partition coefficient (Wildman–Crippen LogP) is 5.70. The van der Waals surface area contributed by atoms with Gasteiger partial charge < -0.3 is 10.4 Å². The van der Waals surface area contributed by atoms with Gasteiger partial charge in [-0.1, -0.05) is 31.5 Å². The lowest BCUT2D eigenvalue weighted by molar-refractivity contribution is -0.200.